The fraction of sp³-hybridized carbons (Fsp3) is 0.200. The summed E-state index contributed by atoms with van der Waals surface area (Å²) in [6, 6.07) is 4.72. The van der Waals surface area contributed by atoms with Crippen LogP contribution in [-0.2, 0) is 4.74 Å². The fourth-order valence-electron chi connectivity index (χ4n) is 1.01. The van der Waals surface area contributed by atoms with Gasteiger partial charge in [0.05, 0.1) is 12.2 Å². The van der Waals surface area contributed by atoms with Gasteiger partial charge in [0.1, 0.15) is 5.40 Å². The summed E-state index contributed by atoms with van der Waals surface area (Å²) < 4.78 is 4.83. The molecule has 0 bridgehead atoms. The zero-order chi connectivity index (χ0) is 11.3. The number of hydrogen-bond donors (Lipinski definition) is 1. The smallest absolute Gasteiger partial charge is 0.338 e. The first-order valence-corrected chi connectivity index (χ1v) is 5.13. The molecule has 0 heterocycles. The summed E-state index contributed by atoms with van der Waals surface area (Å²) in [7, 11) is 0. The monoisotopic (exact) mass is 222 g/mol. The molecule has 0 saturated carbocycles. The van der Waals surface area contributed by atoms with Gasteiger partial charge in [0, 0.05) is 10.6 Å². The molecule has 0 amide bonds. The van der Waals surface area contributed by atoms with Gasteiger partial charge in [-0.15, -0.1) is 0 Å². The third-order valence-electron chi connectivity index (χ3n) is 1.68. The molecule has 1 rings (SSSR count). The van der Waals surface area contributed by atoms with Crippen molar-refractivity contribution >= 4 is 23.4 Å². The Morgan fingerprint density at radius 3 is 3.00 bits per heavy atom. The third-order valence-corrected chi connectivity index (χ3v) is 2.35. The summed E-state index contributed by atoms with van der Waals surface area (Å²) in [6.45, 7) is 2.06. The van der Waals surface area contributed by atoms with Gasteiger partial charge in [-0.05, 0) is 36.9 Å². The normalized spacial score (nSPS) is 9.33. The molecule has 2 N–H and O–H groups in total. The van der Waals surface area contributed by atoms with E-state index in [0.717, 1.165) is 11.8 Å². The number of thioether (sulfide) groups is 1. The summed E-state index contributed by atoms with van der Waals surface area (Å²) >= 11 is 0.924. The summed E-state index contributed by atoms with van der Waals surface area (Å²) in [5, 5.41) is 10.4. The Hall–Kier alpha value is -1.67. The van der Waals surface area contributed by atoms with Crippen molar-refractivity contribution in [1.29, 1.82) is 5.26 Å². The number of carbonyl (C=O) groups excluding carboxylic acids is 1. The van der Waals surface area contributed by atoms with E-state index in [9.17, 15) is 4.79 Å². The van der Waals surface area contributed by atoms with Crippen LogP contribution in [0.2, 0.25) is 0 Å². The van der Waals surface area contributed by atoms with Gasteiger partial charge < -0.3 is 10.5 Å². The molecule has 1 aromatic carbocycles. The molecule has 1 aromatic rings. The molecule has 0 radical (unpaired) electrons. The lowest BCUT2D eigenvalue weighted by Crippen LogP contribution is -2.05. The second kappa shape index (κ2) is 5.27. The van der Waals surface area contributed by atoms with Crippen molar-refractivity contribution in [1.82, 2.24) is 0 Å². The molecule has 0 unspecified atom stereocenters. The number of benzene rings is 1. The van der Waals surface area contributed by atoms with Gasteiger partial charge in [0.2, 0.25) is 0 Å². The van der Waals surface area contributed by atoms with Crippen molar-refractivity contribution in [3.05, 3.63) is 23.8 Å². The maximum absolute atomic E-state index is 11.4. The maximum atomic E-state index is 11.4. The topological polar surface area (TPSA) is 76.1 Å². The Morgan fingerprint density at radius 2 is 2.40 bits per heavy atom. The summed E-state index contributed by atoms with van der Waals surface area (Å²) in [4.78, 5) is 11.9. The predicted octanol–water partition coefficient (Wildman–Crippen LogP) is 2.02. The van der Waals surface area contributed by atoms with E-state index in [0.29, 0.717) is 22.8 Å². The van der Waals surface area contributed by atoms with Crippen LogP contribution in [0.5, 0.6) is 0 Å². The van der Waals surface area contributed by atoms with Crippen LogP contribution in [0.15, 0.2) is 23.1 Å². The zero-order valence-electron chi connectivity index (χ0n) is 8.19. The Balaban J connectivity index is 2.97. The molecule has 0 aromatic heterocycles. The molecule has 0 atom stereocenters. The van der Waals surface area contributed by atoms with Crippen LogP contribution in [0, 0.1) is 10.7 Å². The highest BCUT2D eigenvalue weighted by atomic mass is 32.2. The molecule has 0 fully saturated rings. The quantitative estimate of drug-likeness (QED) is 0.366. The van der Waals surface area contributed by atoms with Crippen LogP contribution in [0.25, 0.3) is 0 Å². The van der Waals surface area contributed by atoms with Gasteiger partial charge in [-0.3, -0.25) is 0 Å². The van der Waals surface area contributed by atoms with E-state index in [1.54, 1.807) is 25.1 Å². The van der Waals surface area contributed by atoms with Crippen LogP contribution in [0.3, 0.4) is 0 Å². The number of nitrogens with zero attached hydrogens (tertiary/aromatic N) is 1. The number of thiocyanates is 1. The van der Waals surface area contributed by atoms with Crippen molar-refractivity contribution in [2.24, 2.45) is 0 Å². The number of nitrogens with two attached hydrogens (primary N) is 1. The summed E-state index contributed by atoms with van der Waals surface area (Å²) in [5.74, 6) is -0.405. The fourth-order valence-corrected chi connectivity index (χ4v) is 1.48. The summed E-state index contributed by atoms with van der Waals surface area (Å²) in [6.07, 6.45) is 0. The predicted molar refractivity (Wildman–Crippen MR) is 58.3 cm³/mol. The first kappa shape index (κ1) is 11.4. The minimum atomic E-state index is -0.405. The van der Waals surface area contributed by atoms with Crippen LogP contribution in [-0.4, -0.2) is 12.6 Å². The van der Waals surface area contributed by atoms with E-state index >= 15 is 0 Å². The molecular formula is C10H10N2O2S. The number of carbonyl (C=O) groups is 1. The Morgan fingerprint density at radius 1 is 1.67 bits per heavy atom. The van der Waals surface area contributed by atoms with E-state index in [1.165, 1.54) is 0 Å². The lowest BCUT2D eigenvalue weighted by Gasteiger charge is -2.04. The lowest BCUT2D eigenvalue weighted by atomic mass is 10.2. The number of nitrogen functional groups attached to an aromatic ring is 1. The molecule has 4 nitrogen and oxygen atoms in total. The van der Waals surface area contributed by atoms with Crippen molar-refractivity contribution in [2.75, 3.05) is 12.3 Å². The van der Waals surface area contributed by atoms with Gasteiger partial charge in [-0.25, -0.2) is 4.79 Å². The van der Waals surface area contributed by atoms with Crippen molar-refractivity contribution in [3.8, 4) is 5.40 Å². The zero-order valence-corrected chi connectivity index (χ0v) is 9.00. The SMILES string of the molecule is CCOC(=O)c1ccc(N)c(SC#N)c1. The van der Waals surface area contributed by atoms with Crippen molar-refractivity contribution < 1.29 is 9.53 Å². The number of hydrogen-bond acceptors (Lipinski definition) is 5. The van der Waals surface area contributed by atoms with E-state index in [4.69, 9.17) is 15.7 Å². The van der Waals surface area contributed by atoms with Crippen molar-refractivity contribution in [2.45, 2.75) is 11.8 Å². The number of rotatable bonds is 3. The molecule has 0 aliphatic heterocycles. The number of anilines is 1. The van der Waals surface area contributed by atoms with Gasteiger partial charge >= 0.3 is 5.97 Å². The Labute approximate surface area is 92.0 Å². The highest BCUT2D eigenvalue weighted by Crippen LogP contribution is 2.25. The van der Waals surface area contributed by atoms with E-state index in [-0.39, 0.29) is 0 Å². The molecule has 0 spiro atoms. The minimum Gasteiger partial charge on any atom is -0.462 e. The number of nitriles is 1. The van der Waals surface area contributed by atoms with Crippen LogP contribution < -0.4 is 5.73 Å². The number of ether oxygens (including phenoxy) is 1. The molecule has 15 heavy (non-hydrogen) atoms. The van der Waals surface area contributed by atoms with Crippen molar-refractivity contribution in [3.63, 3.8) is 0 Å². The lowest BCUT2D eigenvalue weighted by molar-refractivity contribution is 0.0526. The molecular weight excluding hydrogens is 212 g/mol. The van der Waals surface area contributed by atoms with E-state index in [2.05, 4.69) is 0 Å². The largest absolute Gasteiger partial charge is 0.462 e. The molecule has 78 valence electrons. The average molecular weight is 222 g/mol. The molecule has 0 aliphatic carbocycles. The highest BCUT2D eigenvalue weighted by molar-refractivity contribution is 8.03. The third kappa shape index (κ3) is 2.89. The second-order valence-electron chi connectivity index (χ2n) is 2.67. The number of esters is 1. The Kier molecular flexibility index (Phi) is 4.01. The molecule has 0 saturated heterocycles. The first-order valence-electron chi connectivity index (χ1n) is 4.31. The second-order valence-corrected chi connectivity index (χ2v) is 3.49. The van der Waals surface area contributed by atoms with Crippen LogP contribution in [0.1, 0.15) is 17.3 Å². The minimum absolute atomic E-state index is 0.323. The van der Waals surface area contributed by atoms with Gasteiger partial charge in [0.15, 0.2) is 0 Å². The Bertz CT molecular complexity index is 412. The van der Waals surface area contributed by atoms with Crippen LogP contribution >= 0.6 is 11.8 Å². The van der Waals surface area contributed by atoms with Gasteiger partial charge in [-0.2, -0.15) is 5.26 Å². The molecule has 0 aliphatic rings. The van der Waals surface area contributed by atoms with E-state index in [1.807, 2.05) is 5.40 Å². The summed E-state index contributed by atoms with van der Waals surface area (Å²) in [5.41, 5.74) is 6.51. The van der Waals surface area contributed by atoms with Crippen LogP contribution in [0.4, 0.5) is 5.69 Å². The molecule has 5 heteroatoms. The highest BCUT2D eigenvalue weighted by Gasteiger charge is 2.09. The van der Waals surface area contributed by atoms with Gasteiger partial charge in [0.25, 0.3) is 0 Å². The average Bonchev–Trinajstić information content (AvgIpc) is 2.22. The van der Waals surface area contributed by atoms with E-state index < -0.39 is 5.97 Å². The maximum Gasteiger partial charge on any atom is 0.338 e. The van der Waals surface area contributed by atoms with Gasteiger partial charge in [-0.1, -0.05) is 0 Å². The first-order chi connectivity index (χ1) is 7.19. The standard InChI is InChI=1S/C10H10N2O2S/c1-2-14-10(13)7-3-4-8(12)9(5-7)15-6-11/h3-5H,2,12H2,1H3.